The number of hydrogen-bond donors (Lipinski definition) is 1. The van der Waals surface area contributed by atoms with Gasteiger partial charge in [-0.1, -0.05) is 25.1 Å². The van der Waals surface area contributed by atoms with E-state index in [1.54, 1.807) is 0 Å². The van der Waals surface area contributed by atoms with Gasteiger partial charge in [-0.25, -0.2) is 17.9 Å². The number of aromatic nitrogens is 2. The maximum atomic E-state index is 14.4. The van der Waals surface area contributed by atoms with Crippen LogP contribution < -0.4 is 9.88 Å². The Morgan fingerprint density at radius 1 is 1.03 bits per heavy atom. The number of halogens is 6. The molecule has 1 heterocycles. The molecule has 2 N–H and O–H groups in total. The second-order valence-electron chi connectivity index (χ2n) is 6.89. The van der Waals surface area contributed by atoms with Crippen molar-refractivity contribution in [3.8, 4) is 28.1 Å². The number of rotatable bonds is 6. The molecule has 0 saturated heterocycles. The second kappa shape index (κ2) is 8.37. The average molecular weight is 493 g/mol. The lowest BCUT2D eigenvalue weighted by Gasteiger charge is -2.21. The largest absolute Gasteiger partial charge is 0.494 e. The van der Waals surface area contributed by atoms with Crippen LogP contribution in [0.4, 0.5) is 26.3 Å². The van der Waals surface area contributed by atoms with Gasteiger partial charge in [0, 0.05) is 11.1 Å². The summed E-state index contributed by atoms with van der Waals surface area (Å²) in [4.78, 5) is -0.306. The van der Waals surface area contributed by atoms with Gasteiger partial charge in [0.05, 0.1) is 17.7 Å². The lowest BCUT2D eigenvalue weighted by Crippen LogP contribution is -2.41. The summed E-state index contributed by atoms with van der Waals surface area (Å²) in [7, 11) is -2.88. The predicted octanol–water partition coefficient (Wildman–Crippen LogP) is 4.69. The van der Waals surface area contributed by atoms with Crippen molar-refractivity contribution in [2.24, 2.45) is 5.14 Å². The molecule has 0 spiro atoms. The maximum Gasteiger partial charge on any atom is 0.477 e. The fourth-order valence-electron chi connectivity index (χ4n) is 3.26. The molecule has 0 bridgehead atoms. The van der Waals surface area contributed by atoms with E-state index in [9.17, 15) is 34.8 Å². The van der Waals surface area contributed by atoms with E-state index in [2.05, 4.69) is 5.10 Å². The van der Waals surface area contributed by atoms with Crippen molar-refractivity contribution in [2.75, 3.05) is 7.11 Å². The van der Waals surface area contributed by atoms with Crippen molar-refractivity contribution in [2.45, 2.75) is 30.5 Å². The molecule has 0 unspecified atom stereocenters. The molecule has 0 amide bonds. The molecule has 3 aromatic rings. The first-order valence-corrected chi connectivity index (χ1v) is 10.8. The van der Waals surface area contributed by atoms with Gasteiger partial charge in [-0.3, -0.25) is 0 Å². The van der Waals surface area contributed by atoms with E-state index in [4.69, 9.17) is 9.88 Å². The summed E-state index contributed by atoms with van der Waals surface area (Å²) in [5.41, 5.74) is -1.03. The van der Waals surface area contributed by atoms with E-state index in [1.165, 1.54) is 26.2 Å². The van der Waals surface area contributed by atoms with Crippen molar-refractivity contribution >= 4 is 10.0 Å². The summed E-state index contributed by atoms with van der Waals surface area (Å²) in [6, 6.07) is 2.45. The molecule has 3 rings (SSSR count). The molecule has 0 aliphatic heterocycles. The maximum absolute atomic E-state index is 14.4. The third-order valence-electron chi connectivity index (χ3n) is 4.82. The lowest BCUT2D eigenvalue weighted by atomic mass is 9.97. The Morgan fingerprint density at radius 2 is 1.61 bits per heavy atom. The molecule has 0 aliphatic rings. The van der Waals surface area contributed by atoms with Gasteiger partial charge >= 0.3 is 12.2 Å². The smallest absolute Gasteiger partial charge is 0.477 e. The van der Waals surface area contributed by atoms with Crippen LogP contribution in [0.2, 0.25) is 0 Å². The van der Waals surface area contributed by atoms with Crippen LogP contribution in [0.1, 0.15) is 12.6 Å². The Labute approximate surface area is 184 Å². The Balaban J connectivity index is 2.35. The predicted molar refractivity (Wildman–Crippen MR) is 107 cm³/mol. The van der Waals surface area contributed by atoms with Crippen LogP contribution >= 0.6 is 0 Å². The zero-order chi connectivity index (χ0) is 24.8. The topological polar surface area (TPSA) is 87.2 Å². The van der Waals surface area contributed by atoms with Gasteiger partial charge in [0.2, 0.25) is 10.0 Å². The first-order chi connectivity index (χ1) is 15.2. The molecule has 0 aliphatic carbocycles. The van der Waals surface area contributed by atoms with Crippen LogP contribution in [0.25, 0.3) is 22.4 Å². The van der Waals surface area contributed by atoms with Crippen LogP contribution in [0.5, 0.6) is 5.75 Å². The number of benzene rings is 2. The summed E-state index contributed by atoms with van der Waals surface area (Å²) >= 11 is 0. The van der Waals surface area contributed by atoms with Crippen LogP contribution in [0.15, 0.2) is 47.4 Å². The van der Waals surface area contributed by atoms with Gasteiger partial charge < -0.3 is 4.74 Å². The monoisotopic (exact) mass is 493 g/mol. The fourth-order valence-corrected chi connectivity index (χ4v) is 3.78. The molecular weight excluding hydrogens is 476 g/mol. The minimum atomic E-state index is -5.96. The van der Waals surface area contributed by atoms with Gasteiger partial charge in [0.15, 0.2) is 11.6 Å². The van der Waals surface area contributed by atoms with Gasteiger partial charge in [0.25, 0.3) is 0 Å². The molecule has 0 saturated carbocycles. The molecule has 2 aromatic carbocycles. The zero-order valence-electron chi connectivity index (χ0n) is 17.1. The summed E-state index contributed by atoms with van der Waals surface area (Å²) in [5.74, 6) is -1.04. The van der Waals surface area contributed by atoms with Crippen molar-refractivity contribution in [1.82, 2.24) is 9.78 Å². The minimum Gasteiger partial charge on any atom is -0.494 e. The third kappa shape index (κ3) is 4.42. The molecule has 0 atom stereocenters. The number of methoxy groups -OCH3 is 1. The number of ether oxygens (including phenoxy) is 1. The van der Waals surface area contributed by atoms with Crippen LogP contribution in [-0.2, 0) is 22.5 Å². The summed E-state index contributed by atoms with van der Waals surface area (Å²) < 4.78 is 110. The number of nitrogens with zero attached hydrogens (tertiary/aromatic N) is 2. The second-order valence-corrected chi connectivity index (χ2v) is 8.45. The Kier molecular flexibility index (Phi) is 6.24. The summed E-state index contributed by atoms with van der Waals surface area (Å²) in [5, 5.41) is 8.58. The van der Waals surface area contributed by atoms with Gasteiger partial charge in [-0.2, -0.15) is 31.7 Å². The number of alkyl halides is 5. The normalized spacial score (nSPS) is 12.8. The number of primary sulfonamides is 1. The minimum absolute atomic E-state index is 0.0139. The number of sulfonamides is 1. The van der Waals surface area contributed by atoms with Gasteiger partial charge in [0.1, 0.15) is 5.69 Å². The van der Waals surface area contributed by atoms with E-state index in [-0.39, 0.29) is 39.5 Å². The highest BCUT2D eigenvalue weighted by Gasteiger charge is 2.61. The zero-order valence-corrected chi connectivity index (χ0v) is 17.9. The van der Waals surface area contributed by atoms with Crippen LogP contribution in [-0.4, -0.2) is 31.5 Å². The Hall–Kier alpha value is -3.06. The molecule has 1 aromatic heterocycles. The fraction of sp³-hybridized carbons (Fsp3) is 0.250. The van der Waals surface area contributed by atoms with Crippen LogP contribution in [0, 0.1) is 5.82 Å². The van der Waals surface area contributed by atoms with Crippen LogP contribution in [0.3, 0.4) is 0 Å². The quantitative estimate of drug-likeness (QED) is 0.505. The molecule has 178 valence electrons. The van der Waals surface area contributed by atoms with E-state index >= 15 is 0 Å². The summed E-state index contributed by atoms with van der Waals surface area (Å²) in [6.07, 6.45) is -6.27. The first-order valence-electron chi connectivity index (χ1n) is 9.26. The van der Waals surface area contributed by atoms with Gasteiger partial charge in [-0.15, -0.1) is 0 Å². The summed E-state index contributed by atoms with van der Waals surface area (Å²) in [6.45, 7) is 1.34. The van der Waals surface area contributed by atoms with Crippen molar-refractivity contribution < 1.29 is 39.5 Å². The van der Waals surface area contributed by atoms with Crippen molar-refractivity contribution in [3.63, 3.8) is 0 Å². The van der Waals surface area contributed by atoms with Crippen molar-refractivity contribution in [3.05, 3.63) is 54.0 Å². The molecule has 0 fully saturated rings. The first kappa shape index (κ1) is 24.6. The lowest BCUT2D eigenvalue weighted by molar-refractivity contribution is -0.328. The van der Waals surface area contributed by atoms with Gasteiger partial charge in [-0.05, 0) is 36.2 Å². The highest BCUT2D eigenvalue weighted by molar-refractivity contribution is 7.89. The molecular formula is C20H17F6N3O3S. The molecule has 33 heavy (non-hydrogen) atoms. The SMILES string of the molecule is CCc1c(-c2ccc(OC)c(F)c2)c(-c2ccc(S(N)(=O)=O)cc2)nn1C(F)(F)C(F)(F)F. The number of hydrogen-bond acceptors (Lipinski definition) is 4. The van der Waals surface area contributed by atoms with E-state index in [0.717, 1.165) is 30.3 Å². The molecule has 13 heteroatoms. The average Bonchev–Trinajstić information content (AvgIpc) is 3.12. The van der Waals surface area contributed by atoms with E-state index in [0.29, 0.717) is 0 Å². The van der Waals surface area contributed by atoms with Crippen molar-refractivity contribution in [1.29, 1.82) is 0 Å². The molecule has 6 nitrogen and oxygen atoms in total. The molecule has 0 radical (unpaired) electrons. The Bertz CT molecular complexity index is 1290. The van der Waals surface area contributed by atoms with E-state index in [1.807, 2.05) is 0 Å². The third-order valence-corrected chi connectivity index (χ3v) is 5.75. The number of nitrogens with two attached hydrogens (primary N) is 1. The Morgan fingerprint density at radius 3 is 2.06 bits per heavy atom. The highest BCUT2D eigenvalue weighted by atomic mass is 32.2. The van der Waals surface area contributed by atoms with E-state index < -0.39 is 38.4 Å². The standard InChI is InChI=1S/C20H17F6N3O3S/c1-3-15-17(12-6-9-16(32-2)14(21)10-12)18(28-29(15)20(25,26)19(22,23)24)11-4-7-13(8-5-11)33(27,30)31/h4-10H,3H2,1-2H3,(H2,27,30,31). The highest BCUT2D eigenvalue weighted by Crippen LogP contribution is 2.45.